The molecule has 0 radical (unpaired) electrons. The van der Waals surface area contributed by atoms with Crippen LogP contribution in [0.5, 0.6) is 0 Å². The lowest BCUT2D eigenvalue weighted by atomic mass is 10.0. The molecule has 0 bridgehead atoms. The molecule has 4 nitrogen and oxygen atoms in total. The predicted molar refractivity (Wildman–Crippen MR) is 76.9 cm³/mol. The van der Waals surface area contributed by atoms with Gasteiger partial charge < -0.3 is 0 Å². The average Bonchev–Trinajstić information content (AvgIpc) is 2.33. The molecule has 1 aromatic carbocycles. The summed E-state index contributed by atoms with van der Waals surface area (Å²) in [6, 6.07) is 2.74. The fraction of sp³-hybridized carbons (Fsp3) is 0.308. The summed E-state index contributed by atoms with van der Waals surface area (Å²) in [6.45, 7) is 3.77. The Labute approximate surface area is 124 Å². The normalized spacial score (nSPS) is 11.3. The molecule has 0 amide bonds. The number of nitrogens with zero attached hydrogens (tertiary/aromatic N) is 2. The van der Waals surface area contributed by atoms with Gasteiger partial charge in [-0.2, -0.15) is 0 Å². The van der Waals surface area contributed by atoms with Gasteiger partial charge in [0.05, 0.1) is 9.95 Å². The molecule has 106 valence electrons. The molecular formula is C13H11Cl2FN2O2. The first kappa shape index (κ1) is 14.9. The molecule has 20 heavy (non-hydrogen) atoms. The standard InChI is InChI=1S/C13H11Cl2FN2O2/c1-6(2)5-9-13(18(19)20)10(15)7-3-4-8(14)11(16)12(7)17-9/h3-4,6H,5H2,1-2H3. The Morgan fingerprint density at radius 1 is 1.40 bits per heavy atom. The Hall–Kier alpha value is -1.46. The van der Waals surface area contributed by atoms with E-state index in [2.05, 4.69) is 4.98 Å². The lowest BCUT2D eigenvalue weighted by molar-refractivity contribution is -0.385. The van der Waals surface area contributed by atoms with E-state index in [0.29, 0.717) is 6.42 Å². The van der Waals surface area contributed by atoms with E-state index in [4.69, 9.17) is 23.2 Å². The van der Waals surface area contributed by atoms with E-state index in [1.807, 2.05) is 13.8 Å². The first-order valence-electron chi connectivity index (χ1n) is 5.93. The number of fused-ring (bicyclic) bond motifs is 1. The van der Waals surface area contributed by atoms with Gasteiger partial charge in [0, 0.05) is 5.39 Å². The third-order valence-electron chi connectivity index (χ3n) is 2.82. The summed E-state index contributed by atoms with van der Waals surface area (Å²) in [6.07, 6.45) is 0.331. The van der Waals surface area contributed by atoms with Crippen LogP contribution in [0.4, 0.5) is 10.1 Å². The monoisotopic (exact) mass is 316 g/mol. The van der Waals surface area contributed by atoms with E-state index >= 15 is 0 Å². The molecule has 2 aromatic rings. The molecule has 0 spiro atoms. The molecule has 0 saturated heterocycles. The molecule has 0 fully saturated rings. The average molecular weight is 317 g/mol. The fourth-order valence-electron chi connectivity index (χ4n) is 1.98. The number of hydrogen-bond acceptors (Lipinski definition) is 3. The van der Waals surface area contributed by atoms with E-state index in [0.717, 1.165) is 0 Å². The first-order valence-corrected chi connectivity index (χ1v) is 6.69. The Bertz CT molecular complexity index is 705. The zero-order valence-corrected chi connectivity index (χ0v) is 12.3. The molecule has 0 aliphatic heterocycles. The van der Waals surface area contributed by atoms with Crippen LogP contribution in [0.1, 0.15) is 19.5 Å². The molecular weight excluding hydrogens is 306 g/mol. The zero-order chi connectivity index (χ0) is 15.0. The van der Waals surface area contributed by atoms with Crippen molar-refractivity contribution in [2.24, 2.45) is 5.92 Å². The van der Waals surface area contributed by atoms with Crippen molar-refractivity contribution in [3.63, 3.8) is 0 Å². The lowest BCUT2D eigenvalue weighted by Gasteiger charge is -2.10. The first-order chi connectivity index (χ1) is 9.32. The number of aromatic nitrogens is 1. The van der Waals surface area contributed by atoms with Crippen molar-refractivity contribution in [2.45, 2.75) is 20.3 Å². The van der Waals surface area contributed by atoms with Crippen molar-refractivity contribution in [1.82, 2.24) is 4.98 Å². The van der Waals surface area contributed by atoms with Crippen molar-refractivity contribution in [2.75, 3.05) is 0 Å². The summed E-state index contributed by atoms with van der Waals surface area (Å²) in [5.74, 6) is -0.595. The maximum absolute atomic E-state index is 14.0. The number of benzene rings is 1. The third kappa shape index (κ3) is 2.55. The minimum atomic E-state index is -0.717. The van der Waals surface area contributed by atoms with Gasteiger partial charge in [0.15, 0.2) is 5.82 Å². The second-order valence-electron chi connectivity index (χ2n) is 4.83. The highest BCUT2D eigenvalue weighted by Gasteiger charge is 2.25. The van der Waals surface area contributed by atoms with Crippen molar-refractivity contribution in [3.05, 3.63) is 43.8 Å². The third-order valence-corrected chi connectivity index (χ3v) is 3.49. The Balaban J connectivity index is 2.85. The van der Waals surface area contributed by atoms with Gasteiger partial charge in [-0.1, -0.05) is 37.0 Å². The molecule has 0 saturated carbocycles. The van der Waals surface area contributed by atoms with Crippen LogP contribution >= 0.6 is 23.2 Å². The Morgan fingerprint density at radius 3 is 2.60 bits per heavy atom. The van der Waals surface area contributed by atoms with E-state index in [1.165, 1.54) is 12.1 Å². The maximum atomic E-state index is 14.0. The van der Waals surface area contributed by atoms with Gasteiger partial charge in [0.25, 0.3) is 0 Å². The number of rotatable bonds is 3. The maximum Gasteiger partial charge on any atom is 0.309 e. The highest BCUT2D eigenvalue weighted by Crippen LogP contribution is 2.37. The Morgan fingerprint density at radius 2 is 2.05 bits per heavy atom. The number of halogens is 3. The van der Waals surface area contributed by atoms with Gasteiger partial charge in [0.1, 0.15) is 16.2 Å². The smallest absolute Gasteiger partial charge is 0.258 e. The van der Waals surface area contributed by atoms with Crippen LogP contribution in [0.15, 0.2) is 12.1 Å². The van der Waals surface area contributed by atoms with Crippen LogP contribution in [0, 0.1) is 21.8 Å². The van der Waals surface area contributed by atoms with Gasteiger partial charge in [-0.3, -0.25) is 10.1 Å². The van der Waals surface area contributed by atoms with Crippen LogP contribution in [0.3, 0.4) is 0 Å². The van der Waals surface area contributed by atoms with Gasteiger partial charge in [0.2, 0.25) is 0 Å². The summed E-state index contributed by atoms with van der Waals surface area (Å²) in [5.41, 5.74) is -0.137. The van der Waals surface area contributed by atoms with Gasteiger partial charge in [-0.25, -0.2) is 9.37 Å². The highest BCUT2D eigenvalue weighted by molar-refractivity contribution is 6.38. The van der Waals surface area contributed by atoms with Crippen LogP contribution in [0.2, 0.25) is 10.0 Å². The molecule has 0 aliphatic rings. The van der Waals surface area contributed by atoms with Crippen LogP contribution < -0.4 is 0 Å². The van der Waals surface area contributed by atoms with Gasteiger partial charge >= 0.3 is 5.69 Å². The summed E-state index contributed by atoms with van der Waals surface area (Å²) in [5, 5.41) is 11.2. The molecule has 0 aliphatic carbocycles. The van der Waals surface area contributed by atoms with Crippen LogP contribution in [0.25, 0.3) is 10.9 Å². The lowest BCUT2D eigenvalue weighted by Crippen LogP contribution is -2.05. The molecule has 0 N–H and O–H groups in total. The molecule has 1 heterocycles. The van der Waals surface area contributed by atoms with Crippen molar-refractivity contribution >= 4 is 39.8 Å². The second-order valence-corrected chi connectivity index (χ2v) is 5.62. The van der Waals surface area contributed by atoms with Crippen molar-refractivity contribution < 1.29 is 9.31 Å². The molecule has 0 atom stereocenters. The number of pyridine rings is 1. The SMILES string of the molecule is CC(C)Cc1nc2c(F)c(Cl)ccc2c(Cl)c1[N+](=O)[O-]. The summed E-state index contributed by atoms with van der Waals surface area (Å²) < 4.78 is 14.0. The molecule has 7 heteroatoms. The quantitative estimate of drug-likeness (QED) is 0.604. The number of hydrogen-bond donors (Lipinski definition) is 0. The van der Waals surface area contributed by atoms with Gasteiger partial charge in [-0.15, -0.1) is 0 Å². The molecule has 0 unspecified atom stereocenters. The van der Waals surface area contributed by atoms with E-state index in [-0.39, 0.29) is 38.2 Å². The van der Waals surface area contributed by atoms with E-state index in [9.17, 15) is 14.5 Å². The largest absolute Gasteiger partial charge is 0.309 e. The van der Waals surface area contributed by atoms with Crippen molar-refractivity contribution in [1.29, 1.82) is 0 Å². The van der Waals surface area contributed by atoms with Crippen molar-refractivity contribution in [3.8, 4) is 0 Å². The van der Waals surface area contributed by atoms with Crippen LogP contribution in [-0.2, 0) is 6.42 Å². The Kier molecular flexibility index (Phi) is 4.11. The summed E-state index contributed by atoms with van der Waals surface area (Å²) in [7, 11) is 0. The second kappa shape index (κ2) is 5.50. The van der Waals surface area contributed by atoms with Gasteiger partial charge in [-0.05, 0) is 24.5 Å². The molecule has 1 aromatic heterocycles. The minimum absolute atomic E-state index is 0.0382. The zero-order valence-electron chi connectivity index (χ0n) is 10.8. The van der Waals surface area contributed by atoms with E-state index in [1.54, 1.807) is 0 Å². The summed E-state index contributed by atoms with van der Waals surface area (Å²) in [4.78, 5) is 14.7. The molecule has 2 rings (SSSR count). The minimum Gasteiger partial charge on any atom is -0.258 e. The summed E-state index contributed by atoms with van der Waals surface area (Å²) >= 11 is 11.8. The number of nitro groups is 1. The van der Waals surface area contributed by atoms with E-state index < -0.39 is 10.7 Å². The topological polar surface area (TPSA) is 56.0 Å². The van der Waals surface area contributed by atoms with Crippen LogP contribution in [-0.4, -0.2) is 9.91 Å². The predicted octanol–water partition coefficient (Wildman–Crippen LogP) is 4.79. The highest BCUT2D eigenvalue weighted by atomic mass is 35.5. The fourth-order valence-corrected chi connectivity index (χ4v) is 2.47.